The summed E-state index contributed by atoms with van der Waals surface area (Å²) < 4.78 is 16.0. The Morgan fingerprint density at radius 2 is 1.79 bits per heavy atom. The number of methoxy groups -OCH3 is 2. The van der Waals surface area contributed by atoms with Crippen molar-refractivity contribution in [3.8, 4) is 5.75 Å². The zero-order chi connectivity index (χ0) is 13.9. The third-order valence-corrected chi connectivity index (χ3v) is 3.39. The van der Waals surface area contributed by atoms with Gasteiger partial charge in [-0.05, 0) is 37.5 Å². The first kappa shape index (κ1) is 14.3. The van der Waals surface area contributed by atoms with E-state index in [0.29, 0.717) is 12.5 Å². The van der Waals surface area contributed by atoms with Crippen LogP contribution in [-0.2, 0) is 15.1 Å². The van der Waals surface area contributed by atoms with E-state index < -0.39 is 11.9 Å². The molecule has 0 bridgehead atoms. The first-order valence-electron chi connectivity index (χ1n) is 6.60. The van der Waals surface area contributed by atoms with E-state index in [4.69, 9.17) is 14.2 Å². The van der Waals surface area contributed by atoms with Gasteiger partial charge in [0.05, 0.1) is 11.7 Å². The predicted molar refractivity (Wildman–Crippen MR) is 72.1 cm³/mol. The van der Waals surface area contributed by atoms with Gasteiger partial charge in [0.2, 0.25) is 0 Å². The molecular weight excluding hydrogens is 244 g/mol. The quantitative estimate of drug-likeness (QED) is 0.770. The van der Waals surface area contributed by atoms with Crippen LogP contribution in [-0.4, -0.2) is 31.7 Å². The second kappa shape index (κ2) is 5.90. The van der Waals surface area contributed by atoms with E-state index in [2.05, 4.69) is 0 Å². The summed E-state index contributed by atoms with van der Waals surface area (Å²) >= 11 is 0. The second-order valence-corrected chi connectivity index (χ2v) is 5.22. The minimum atomic E-state index is -0.991. The molecule has 19 heavy (non-hydrogen) atoms. The van der Waals surface area contributed by atoms with Crippen molar-refractivity contribution in [2.75, 3.05) is 14.2 Å². The van der Waals surface area contributed by atoms with Crippen LogP contribution in [0.1, 0.15) is 31.7 Å². The van der Waals surface area contributed by atoms with Crippen molar-refractivity contribution in [1.29, 1.82) is 0 Å². The standard InChI is InChI=1S/C15H22O4/c1-15(16,10-14(17-2)18-3)11-4-6-12(7-5-11)19-13-8-9-13/h4-7,13-14,16H,8-10H2,1-3H3. The number of rotatable bonds is 7. The summed E-state index contributed by atoms with van der Waals surface area (Å²) in [4.78, 5) is 0. The molecule has 0 amide bonds. The molecular formula is C15H22O4. The van der Waals surface area contributed by atoms with Gasteiger partial charge in [0.15, 0.2) is 6.29 Å². The van der Waals surface area contributed by atoms with Crippen LogP contribution in [0, 0.1) is 0 Å². The minimum absolute atomic E-state index is 0.378. The van der Waals surface area contributed by atoms with Crippen molar-refractivity contribution in [1.82, 2.24) is 0 Å². The number of ether oxygens (including phenoxy) is 3. The van der Waals surface area contributed by atoms with E-state index in [9.17, 15) is 5.11 Å². The van der Waals surface area contributed by atoms with Crippen molar-refractivity contribution in [2.45, 2.75) is 44.2 Å². The molecule has 1 aromatic rings. The van der Waals surface area contributed by atoms with E-state index in [1.54, 1.807) is 21.1 Å². The molecule has 0 spiro atoms. The molecule has 0 aliphatic heterocycles. The molecule has 0 saturated heterocycles. The molecule has 0 heterocycles. The van der Waals surface area contributed by atoms with E-state index in [0.717, 1.165) is 24.2 Å². The highest BCUT2D eigenvalue weighted by molar-refractivity contribution is 5.31. The summed E-state index contributed by atoms with van der Waals surface area (Å²) in [5.41, 5.74) is -0.163. The minimum Gasteiger partial charge on any atom is -0.490 e. The van der Waals surface area contributed by atoms with Gasteiger partial charge in [-0.25, -0.2) is 0 Å². The lowest BCUT2D eigenvalue weighted by Gasteiger charge is -2.27. The average Bonchev–Trinajstić information content (AvgIpc) is 3.20. The molecule has 1 N–H and O–H groups in total. The Morgan fingerprint density at radius 3 is 2.26 bits per heavy atom. The third kappa shape index (κ3) is 3.93. The van der Waals surface area contributed by atoms with Crippen molar-refractivity contribution in [3.05, 3.63) is 29.8 Å². The molecule has 1 aromatic carbocycles. The van der Waals surface area contributed by atoms with Crippen LogP contribution in [0.5, 0.6) is 5.75 Å². The van der Waals surface area contributed by atoms with Gasteiger partial charge in [-0.2, -0.15) is 0 Å². The monoisotopic (exact) mass is 266 g/mol. The number of benzene rings is 1. The second-order valence-electron chi connectivity index (χ2n) is 5.22. The van der Waals surface area contributed by atoms with Crippen LogP contribution in [0.25, 0.3) is 0 Å². The highest BCUT2D eigenvalue weighted by atomic mass is 16.7. The smallest absolute Gasteiger partial charge is 0.159 e. The molecule has 1 aliphatic carbocycles. The highest BCUT2D eigenvalue weighted by Crippen LogP contribution is 2.31. The maximum atomic E-state index is 10.5. The number of aliphatic hydroxyl groups is 1. The van der Waals surface area contributed by atoms with Gasteiger partial charge < -0.3 is 19.3 Å². The molecule has 106 valence electrons. The van der Waals surface area contributed by atoms with E-state index in [1.165, 1.54) is 0 Å². The van der Waals surface area contributed by atoms with Gasteiger partial charge in [-0.1, -0.05) is 12.1 Å². The summed E-state index contributed by atoms with van der Waals surface area (Å²) in [5.74, 6) is 0.858. The molecule has 2 rings (SSSR count). The van der Waals surface area contributed by atoms with Gasteiger partial charge in [0.1, 0.15) is 5.75 Å². The Bertz CT molecular complexity index is 391. The zero-order valence-electron chi connectivity index (χ0n) is 11.8. The Morgan fingerprint density at radius 1 is 1.21 bits per heavy atom. The Labute approximate surface area is 114 Å². The molecule has 1 fully saturated rings. The molecule has 1 unspecified atom stereocenters. The van der Waals surface area contributed by atoms with Gasteiger partial charge in [0, 0.05) is 20.6 Å². The Hall–Kier alpha value is -1.10. The van der Waals surface area contributed by atoms with Gasteiger partial charge >= 0.3 is 0 Å². The topological polar surface area (TPSA) is 47.9 Å². The highest BCUT2D eigenvalue weighted by Gasteiger charge is 2.28. The molecule has 1 aliphatic rings. The van der Waals surface area contributed by atoms with Crippen LogP contribution in [0.15, 0.2) is 24.3 Å². The van der Waals surface area contributed by atoms with Crippen molar-refractivity contribution >= 4 is 0 Å². The van der Waals surface area contributed by atoms with Crippen LogP contribution in [0.4, 0.5) is 0 Å². The van der Waals surface area contributed by atoms with Crippen molar-refractivity contribution < 1.29 is 19.3 Å². The predicted octanol–water partition coefficient (Wildman–Crippen LogP) is 2.44. The summed E-state index contributed by atoms with van der Waals surface area (Å²) in [6.45, 7) is 1.76. The van der Waals surface area contributed by atoms with E-state index in [-0.39, 0.29) is 0 Å². The molecule has 1 saturated carbocycles. The largest absolute Gasteiger partial charge is 0.490 e. The van der Waals surface area contributed by atoms with Crippen LogP contribution in [0.3, 0.4) is 0 Å². The normalized spacial score (nSPS) is 18.4. The number of hydrogen-bond donors (Lipinski definition) is 1. The summed E-state index contributed by atoms with van der Waals surface area (Å²) in [5, 5.41) is 10.5. The third-order valence-electron chi connectivity index (χ3n) is 3.39. The number of hydrogen-bond acceptors (Lipinski definition) is 4. The van der Waals surface area contributed by atoms with Crippen LogP contribution < -0.4 is 4.74 Å². The van der Waals surface area contributed by atoms with Gasteiger partial charge in [-0.3, -0.25) is 0 Å². The lowest BCUT2D eigenvalue weighted by atomic mass is 9.92. The zero-order valence-corrected chi connectivity index (χ0v) is 11.8. The van der Waals surface area contributed by atoms with Gasteiger partial charge in [-0.15, -0.1) is 0 Å². The van der Waals surface area contributed by atoms with Crippen molar-refractivity contribution in [2.24, 2.45) is 0 Å². The van der Waals surface area contributed by atoms with Gasteiger partial charge in [0.25, 0.3) is 0 Å². The maximum Gasteiger partial charge on any atom is 0.159 e. The maximum absolute atomic E-state index is 10.5. The first-order valence-corrected chi connectivity index (χ1v) is 6.60. The SMILES string of the molecule is COC(CC(C)(O)c1ccc(OC2CC2)cc1)OC. The fourth-order valence-electron chi connectivity index (χ4n) is 1.98. The summed E-state index contributed by atoms with van der Waals surface area (Å²) in [6.07, 6.45) is 2.63. The molecule has 4 heteroatoms. The van der Waals surface area contributed by atoms with Crippen LogP contribution >= 0.6 is 0 Å². The average molecular weight is 266 g/mol. The molecule has 0 aromatic heterocycles. The lowest BCUT2D eigenvalue weighted by molar-refractivity contribution is -0.142. The fourth-order valence-corrected chi connectivity index (χ4v) is 1.98. The first-order chi connectivity index (χ1) is 9.05. The summed E-state index contributed by atoms with van der Waals surface area (Å²) in [7, 11) is 3.13. The molecule has 4 nitrogen and oxygen atoms in total. The van der Waals surface area contributed by atoms with E-state index in [1.807, 2.05) is 24.3 Å². The molecule has 0 radical (unpaired) electrons. The Balaban J connectivity index is 2.01. The lowest BCUT2D eigenvalue weighted by Crippen LogP contribution is -2.29. The molecule has 1 atom stereocenters. The van der Waals surface area contributed by atoms with E-state index >= 15 is 0 Å². The summed E-state index contributed by atoms with van der Waals surface area (Å²) in [6, 6.07) is 7.58. The fraction of sp³-hybridized carbons (Fsp3) is 0.600. The van der Waals surface area contributed by atoms with Crippen LogP contribution in [0.2, 0.25) is 0 Å². The van der Waals surface area contributed by atoms with Crippen molar-refractivity contribution in [3.63, 3.8) is 0 Å². The Kier molecular flexibility index (Phi) is 4.45.